The summed E-state index contributed by atoms with van der Waals surface area (Å²) in [5.74, 6) is -0.167. The summed E-state index contributed by atoms with van der Waals surface area (Å²) in [5.41, 5.74) is 7.80. The number of hydrogen-bond acceptors (Lipinski definition) is 5. The van der Waals surface area contributed by atoms with Crippen LogP contribution in [0, 0.1) is 0 Å². The minimum Gasteiger partial charge on any atom is -0.325 e. The first kappa shape index (κ1) is 18.1. The summed E-state index contributed by atoms with van der Waals surface area (Å²) in [4.78, 5) is 12.6. The van der Waals surface area contributed by atoms with Crippen LogP contribution in [-0.4, -0.2) is 26.6 Å². The predicted molar refractivity (Wildman–Crippen MR) is 99.7 cm³/mol. The lowest BCUT2D eigenvalue weighted by atomic mass is 10.0. The Balaban J connectivity index is 1.61. The molecule has 2 unspecified atom stereocenters. The van der Waals surface area contributed by atoms with E-state index in [1.807, 2.05) is 24.3 Å². The SMILES string of the molecule is CS(=O)(=O)c1ccc(NC(=O)C2CC(c3ccc(Br)cc3)NN2)cc1. The van der Waals surface area contributed by atoms with Gasteiger partial charge in [0.25, 0.3) is 0 Å². The molecule has 0 bridgehead atoms. The highest BCUT2D eigenvalue weighted by molar-refractivity contribution is 9.10. The smallest absolute Gasteiger partial charge is 0.242 e. The standard InChI is InChI=1S/C17H18BrN3O3S/c1-25(23,24)14-8-6-13(7-9-14)19-17(22)16-10-15(20-21-16)11-2-4-12(18)5-3-11/h2-9,15-16,20-21H,10H2,1H3,(H,19,22). The minimum absolute atomic E-state index is 0.0523. The van der Waals surface area contributed by atoms with Crippen molar-refractivity contribution in [3.63, 3.8) is 0 Å². The second-order valence-corrected chi connectivity index (χ2v) is 8.90. The largest absolute Gasteiger partial charge is 0.325 e. The Morgan fingerprint density at radius 1 is 1.08 bits per heavy atom. The van der Waals surface area contributed by atoms with Crippen LogP contribution in [0.4, 0.5) is 5.69 Å². The average molecular weight is 424 g/mol. The summed E-state index contributed by atoms with van der Waals surface area (Å²) >= 11 is 3.41. The average Bonchev–Trinajstić information content (AvgIpc) is 3.05. The molecule has 25 heavy (non-hydrogen) atoms. The van der Waals surface area contributed by atoms with Crippen LogP contribution in [0.2, 0.25) is 0 Å². The van der Waals surface area contributed by atoms with Crippen molar-refractivity contribution in [1.82, 2.24) is 10.9 Å². The van der Waals surface area contributed by atoms with Crippen molar-refractivity contribution in [3.8, 4) is 0 Å². The van der Waals surface area contributed by atoms with Crippen LogP contribution >= 0.6 is 15.9 Å². The second kappa shape index (κ2) is 7.25. The summed E-state index contributed by atoms with van der Waals surface area (Å²) in [6, 6.07) is 13.8. The van der Waals surface area contributed by atoms with E-state index in [0.29, 0.717) is 12.1 Å². The number of carbonyl (C=O) groups is 1. The number of sulfone groups is 1. The lowest BCUT2D eigenvalue weighted by Gasteiger charge is -2.11. The van der Waals surface area contributed by atoms with E-state index < -0.39 is 9.84 Å². The second-order valence-electron chi connectivity index (χ2n) is 5.97. The van der Waals surface area contributed by atoms with E-state index in [2.05, 4.69) is 32.1 Å². The minimum atomic E-state index is -3.24. The van der Waals surface area contributed by atoms with E-state index in [0.717, 1.165) is 16.3 Å². The number of halogens is 1. The molecule has 1 amide bonds. The Bertz CT molecular complexity index is 867. The van der Waals surface area contributed by atoms with Gasteiger partial charge in [-0.1, -0.05) is 28.1 Å². The molecular formula is C17H18BrN3O3S. The van der Waals surface area contributed by atoms with Crippen molar-refractivity contribution < 1.29 is 13.2 Å². The molecule has 6 nitrogen and oxygen atoms in total. The van der Waals surface area contributed by atoms with Gasteiger partial charge < -0.3 is 5.32 Å². The van der Waals surface area contributed by atoms with E-state index in [4.69, 9.17) is 0 Å². The van der Waals surface area contributed by atoms with Gasteiger partial charge in [-0.2, -0.15) is 0 Å². The van der Waals surface area contributed by atoms with Gasteiger partial charge in [0.05, 0.1) is 4.90 Å². The number of benzene rings is 2. The van der Waals surface area contributed by atoms with Gasteiger partial charge in [-0.05, 0) is 48.4 Å². The number of anilines is 1. The van der Waals surface area contributed by atoms with Gasteiger partial charge in [0, 0.05) is 22.5 Å². The molecule has 0 aliphatic carbocycles. The van der Waals surface area contributed by atoms with Gasteiger partial charge >= 0.3 is 0 Å². The Hall–Kier alpha value is -1.74. The van der Waals surface area contributed by atoms with Crippen LogP contribution in [0.15, 0.2) is 57.9 Å². The van der Waals surface area contributed by atoms with Crippen LogP contribution in [0.3, 0.4) is 0 Å². The van der Waals surface area contributed by atoms with Crippen molar-refractivity contribution in [2.45, 2.75) is 23.4 Å². The van der Waals surface area contributed by atoms with Crippen molar-refractivity contribution in [1.29, 1.82) is 0 Å². The van der Waals surface area contributed by atoms with E-state index in [-0.39, 0.29) is 22.9 Å². The van der Waals surface area contributed by atoms with Crippen LogP contribution in [0.25, 0.3) is 0 Å². The summed E-state index contributed by atoms with van der Waals surface area (Å²) in [5, 5.41) is 2.80. The third kappa shape index (κ3) is 4.46. The molecule has 2 aromatic carbocycles. The van der Waals surface area contributed by atoms with E-state index in [1.165, 1.54) is 12.1 Å². The molecule has 1 heterocycles. The Morgan fingerprint density at radius 2 is 1.72 bits per heavy atom. The highest BCUT2D eigenvalue weighted by Crippen LogP contribution is 2.24. The molecule has 0 radical (unpaired) electrons. The van der Waals surface area contributed by atoms with Gasteiger partial charge in [0.2, 0.25) is 5.91 Å². The fourth-order valence-corrected chi connectivity index (χ4v) is 3.55. The highest BCUT2D eigenvalue weighted by Gasteiger charge is 2.30. The summed E-state index contributed by atoms with van der Waals surface area (Å²) in [6.45, 7) is 0. The topological polar surface area (TPSA) is 87.3 Å². The quantitative estimate of drug-likeness (QED) is 0.702. The zero-order chi connectivity index (χ0) is 18.0. The fraction of sp³-hybridized carbons (Fsp3) is 0.235. The highest BCUT2D eigenvalue weighted by atomic mass is 79.9. The molecule has 0 saturated carbocycles. The first-order valence-electron chi connectivity index (χ1n) is 7.70. The molecule has 1 aliphatic heterocycles. The molecule has 2 aromatic rings. The molecule has 3 rings (SSSR count). The molecule has 8 heteroatoms. The zero-order valence-corrected chi connectivity index (χ0v) is 15.9. The molecule has 0 spiro atoms. The van der Waals surface area contributed by atoms with Gasteiger partial charge in [0.15, 0.2) is 9.84 Å². The van der Waals surface area contributed by atoms with E-state index in [9.17, 15) is 13.2 Å². The van der Waals surface area contributed by atoms with Crippen LogP contribution in [0.1, 0.15) is 18.0 Å². The van der Waals surface area contributed by atoms with Crippen molar-refractivity contribution >= 4 is 37.4 Å². The number of amides is 1. The van der Waals surface area contributed by atoms with E-state index in [1.54, 1.807) is 12.1 Å². The van der Waals surface area contributed by atoms with Gasteiger partial charge in [0.1, 0.15) is 6.04 Å². The van der Waals surface area contributed by atoms with Crippen LogP contribution in [0.5, 0.6) is 0 Å². The molecule has 3 N–H and O–H groups in total. The van der Waals surface area contributed by atoms with Crippen molar-refractivity contribution in [3.05, 3.63) is 58.6 Å². The summed E-state index contributed by atoms with van der Waals surface area (Å²) < 4.78 is 23.9. The summed E-state index contributed by atoms with van der Waals surface area (Å²) in [7, 11) is -3.24. The zero-order valence-electron chi connectivity index (χ0n) is 13.5. The van der Waals surface area contributed by atoms with Crippen molar-refractivity contribution in [2.75, 3.05) is 11.6 Å². The number of carbonyl (C=O) groups excluding carboxylic acids is 1. The van der Waals surface area contributed by atoms with Crippen molar-refractivity contribution in [2.24, 2.45) is 0 Å². The van der Waals surface area contributed by atoms with Crippen LogP contribution in [-0.2, 0) is 14.6 Å². The lowest BCUT2D eigenvalue weighted by molar-refractivity contribution is -0.117. The molecule has 0 aromatic heterocycles. The molecule has 1 aliphatic rings. The number of nitrogens with one attached hydrogen (secondary N) is 3. The molecule has 1 fully saturated rings. The third-order valence-electron chi connectivity index (χ3n) is 4.04. The Labute approximate surface area is 155 Å². The van der Waals surface area contributed by atoms with Gasteiger partial charge in [-0.3, -0.25) is 4.79 Å². The number of hydrazine groups is 1. The number of rotatable bonds is 4. The summed E-state index contributed by atoms with van der Waals surface area (Å²) in [6.07, 6.45) is 1.77. The van der Waals surface area contributed by atoms with E-state index >= 15 is 0 Å². The molecule has 132 valence electrons. The van der Waals surface area contributed by atoms with Gasteiger partial charge in [-0.25, -0.2) is 19.3 Å². The third-order valence-corrected chi connectivity index (χ3v) is 5.70. The Morgan fingerprint density at radius 3 is 2.32 bits per heavy atom. The van der Waals surface area contributed by atoms with Crippen LogP contribution < -0.4 is 16.2 Å². The fourth-order valence-electron chi connectivity index (χ4n) is 2.66. The molecule has 2 atom stereocenters. The van der Waals surface area contributed by atoms with Gasteiger partial charge in [-0.15, -0.1) is 0 Å². The lowest BCUT2D eigenvalue weighted by Crippen LogP contribution is -2.39. The normalized spacial score (nSPS) is 20.4. The first-order valence-corrected chi connectivity index (χ1v) is 10.4. The Kier molecular flexibility index (Phi) is 5.24. The number of hydrogen-bond donors (Lipinski definition) is 3. The first-order chi connectivity index (χ1) is 11.8. The molecular weight excluding hydrogens is 406 g/mol. The molecule has 1 saturated heterocycles. The maximum absolute atomic E-state index is 12.4. The monoisotopic (exact) mass is 423 g/mol. The maximum atomic E-state index is 12.4. The predicted octanol–water partition coefficient (Wildman–Crippen LogP) is 2.40. The maximum Gasteiger partial charge on any atom is 0.242 e.